The summed E-state index contributed by atoms with van der Waals surface area (Å²) in [7, 11) is 0. The number of aliphatic carboxylic acids is 1. The highest BCUT2D eigenvalue weighted by atomic mass is 79.9. The Kier molecular flexibility index (Phi) is 5.75. The molecule has 0 saturated carbocycles. The summed E-state index contributed by atoms with van der Waals surface area (Å²) in [4.78, 5) is 35.2. The summed E-state index contributed by atoms with van der Waals surface area (Å²) in [6.07, 6.45) is 0. The molecule has 0 bridgehead atoms. The highest BCUT2D eigenvalue weighted by molar-refractivity contribution is 9.10. The quantitative estimate of drug-likeness (QED) is 0.803. The minimum atomic E-state index is -1.13. The van der Waals surface area contributed by atoms with Crippen molar-refractivity contribution in [2.24, 2.45) is 0 Å². The Labute approximate surface area is 124 Å². The topological polar surface area (TPSA) is 99.9 Å². The van der Waals surface area contributed by atoms with Crippen molar-refractivity contribution in [3.8, 4) is 0 Å². The molecule has 0 spiro atoms. The van der Waals surface area contributed by atoms with E-state index in [4.69, 9.17) is 9.52 Å². The van der Waals surface area contributed by atoms with Gasteiger partial charge in [-0.1, -0.05) is 0 Å². The fourth-order valence-corrected chi connectivity index (χ4v) is 1.83. The molecule has 1 aromatic rings. The van der Waals surface area contributed by atoms with E-state index >= 15 is 0 Å². The average Bonchev–Trinajstić information content (AvgIpc) is 2.79. The Bertz CT molecular complexity index is 514. The van der Waals surface area contributed by atoms with Crippen molar-refractivity contribution in [3.05, 3.63) is 22.6 Å². The average molecular weight is 347 g/mol. The number of nitrogens with zero attached hydrogens (tertiary/aromatic N) is 1. The maximum atomic E-state index is 12.2. The maximum absolute atomic E-state index is 12.2. The van der Waals surface area contributed by atoms with E-state index in [9.17, 15) is 14.4 Å². The third-order valence-corrected chi connectivity index (χ3v) is 3.02. The van der Waals surface area contributed by atoms with Crippen molar-refractivity contribution in [2.75, 3.05) is 13.1 Å². The van der Waals surface area contributed by atoms with Crippen LogP contribution in [0.15, 0.2) is 21.2 Å². The Balaban J connectivity index is 2.83. The minimum absolute atomic E-state index is 0.0350. The zero-order valence-corrected chi connectivity index (χ0v) is 12.6. The van der Waals surface area contributed by atoms with Crippen LogP contribution >= 0.6 is 15.9 Å². The fraction of sp³-hybridized carbons (Fsp3) is 0.417. The largest absolute Gasteiger partial charge is 0.480 e. The van der Waals surface area contributed by atoms with Crippen LogP contribution in [0, 0.1) is 0 Å². The molecule has 1 unspecified atom stereocenters. The number of hydrogen-bond acceptors (Lipinski definition) is 4. The Morgan fingerprint density at radius 2 is 2.10 bits per heavy atom. The summed E-state index contributed by atoms with van der Waals surface area (Å²) in [5.41, 5.74) is 0. The van der Waals surface area contributed by atoms with Gasteiger partial charge in [-0.05, 0) is 35.0 Å². The van der Waals surface area contributed by atoms with E-state index < -0.39 is 17.9 Å². The highest BCUT2D eigenvalue weighted by Crippen LogP contribution is 2.17. The Morgan fingerprint density at radius 1 is 1.45 bits per heavy atom. The minimum Gasteiger partial charge on any atom is -0.480 e. The van der Waals surface area contributed by atoms with Gasteiger partial charge in [-0.15, -0.1) is 0 Å². The number of furan rings is 1. The molecule has 1 heterocycles. The van der Waals surface area contributed by atoms with Gasteiger partial charge in [0.2, 0.25) is 5.91 Å². The van der Waals surface area contributed by atoms with Gasteiger partial charge in [-0.2, -0.15) is 0 Å². The van der Waals surface area contributed by atoms with Gasteiger partial charge in [0.25, 0.3) is 5.91 Å². The fourth-order valence-electron chi connectivity index (χ4n) is 1.53. The van der Waals surface area contributed by atoms with Crippen LogP contribution in [0.3, 0.4) is 0 Å². The second-order valence-electron chi connectivity index (χ2n) is 4.10. The zero-order chi connectivity index (χ0) is 15.3. The molecule has 0 saturated heterocycles. The number of amides is 2. The summed E-state index contributed by atoms with van der Waals surface area (Å²) in [6.45, 7) is 2.98. The van der Waals surface area contributed by atoms with Crippen molar-refractivity contribution < 1.29 is 23.9 Å². The van der Waals surface area contributed by atoms with E-state index in [1.807, 2.05) is 0 Å². The molecular weight excluding hydrogens is 332 g/mol. The number of rotatable bonds is 6. The molecule has 0 radical (unpaired) electrons. The number of carbonyl (C=O) groups is 3. The van der Waals surface area contributed by atoms with E-state index in [0.29, 0.717) is 4.67 Å². The first-order chi connectivity index (χ1) is 9.32. The molecule has 0 aliphatic heterocycles. The van der Waals surface area contributed by atoms with Gasteiger partial charge in [0, 0.05) is 20.0 Å². The molecule has 0 aliphatic rings. The number of carboxylic acid groups (broad SMARTS) is 1. The maximum Gasteiger partial charge on any atom is 0.326 e. The van der Waals surface area contributed by atoms with E-state index in [0.717, 1.165) is 4.90 Å². The van der Waals surface area contributed by atoms with E-state index in [1.165, 1.54) is 19.9 Å². The van der Waals surface area contributed by atoms with E-state index in [-0.39, 0.29) is 24.8 Å². The molecule has 2 N–H and O–H groups in total. The summed E-state index contributed by atoms with van der Waals surface area (Å²) in [6, 6.07) is 1.97. The van der Waals surface area contributed by atoms with Crippen LogP contribution in [-0.2, 0) is 9.59 Å². The molecule has 1 aromatic heterocycles. The van der Waals surface area contributed by atoms with Crippen LogP contribution < -0.4 is 5.32 Å². The lowest BCUT2D eigenvalue weighted by atomic mass is 10.2. The lowest BCUT2D eigenvalue weighted by Gasteiger charge is -2.25. The predicted molar refractivity (Wildman–Crippen MR) is 73.2 cm³/mol. The highest BCUT2D eigenvalue weighted by Gasteiger charge is 2.28. The lowest BCUT2D eigenvalue weighted by molar-refractivity contribution is -0.141. The number of hydrogen-bond donors (Lipinski definition) is 2. The molecular formula is C12H15BrN2O5. The normalized spacial score (nSPS) is 11.8. The van der Waals surface area contributed by atoms with Gasteiger partial charge in [0.15, 0.2) is 10.4 Å². The first kappa shape index (κ1) is 16.2. The summed E-state index contributed by atoms with van der Waals surface area (Å²) in [5.74, 6) is -1.89. The summed E-state index contributed by atoms with van der Waals surface area (Å²) in [5, 5.41) is 11.6. The molecule has 0 aliphatic carbocycles. The van der Waals surface area contributed by atoms with Crippen molar-refractivity contribution in [3.63, 3.8) is 0 Å². The van der Waals surface area contributed by atoms with Gasteiger partial charge < -0.3 is 19.7 Å². The van der Waals surface area contributed by atoms with Crippen molar-refractivity contribution >= 4 is 33.7 Å². The van der Waals surface area contributed by atoms with Gasteiger partial charge in [-0.3, -0.25) is 9.59 Å². The molecule has 1 atom stereocenters. The molecule has 8 heteroatoms. The third-order valence-electron chi connectivity index (χ3n) is 2.60. The van der Waals surface area contributed by atoms with Crippen LogP contribution in [-0.4, -0.2) is 46.9 Å². The summed E-state index contributed by atoms with van der Waals surface area (Å²) >= 11 is 3.08. The molecule has 1 rings (SSSR count). The lowest BCUT2D eigenvalue weighted by Crippen LogP contribution is -2.46. The number of nitrogens with one attached hydrogen (secondary N) is 1. The molecule has 0 aromatic carbocycles. The molecule has 20 heavy (non-hydrogen) atoms. The van der Waals surface area contributed by atoms with Crippen LogP contribution in [0.5, 0.6) is 0 Å². The van der Waals surface area contributed by atoms with E-state index in [1.54, 1.807) is 6.07 Å². The smallest absolute Gasteiger partial charge is 0.326 e. The first-order valence-corrected chi connectivity index (χ1v) is 6.65. The zero-order valence-electron chi connectivity index (χ0n) is 11.1. The van der Waals surface area contributed by atoms with Crippen LogP contribution in [0.2, 0.25) is 0 Å². The SMILES string of the molecule is CC(=O)NCCN(C(=O)c1ccc(Br)o1)C(C)C(=O)O. The molecule has 2 amide bonds. The van der Waals surface area contributed by atoms with Gasteiger partial charge >= 0.3 is 5.97 Å². The van der Waals surface area contributed by atoms with Gasteiger partial charge in [0.05, 0.1) is 0 Å². The molecule has 110 valence electrons. The van der Waals surface area contributed by atoms with E-state index in [2.05, 4.69) is 21.2 Å². The van der Waals surface area contributed by atoms with Gasteiger partial charge in [0.1, 0.15) is 6.04 Å². The number of halogens is 1. The third kappa shape index (κ3) is 4.37. The second-order valence-corrected chi connectivity index (χ2v) is 4.88. The predicted octanol–water partition coefficient (Wildman–Crippen LogP) is 1.09. The second kappa shape index (κ2) is 7.09. The monoisotopic (exact) mass is 346 g/mol. The van der Waals surface area contributed by atoms with Crippen LogP contribution in [0.1, 0.15) is 24.4 Å². The Hall–Kier alpha value is -1.83. The van der Waals surface area contributed by atoms with Gasteiger partial charge in [-0.25, -0.2) is 4.79 Å². The van der Waals surface area contributed by atoms with Crippen molar-refractivity contribution in [1.29, 1.82) is 0 Å². The Morgan fingerprint density at radius 3 is 2.55 bits per heavy atom. The molecule has 0 fully saturated rings. The first-order valence-electron chi connectivity index (χ1n) is 5.86. The van der Waals surface area contributed by atoms with Crippen LogP contribution in [0.4, 0.5) is 0 Å². The van der Waals surface area contributed by atoms with Crippen LogP contribution in [0.25, 0.3) is 0 Å². The van der Waals surface area contributed by atoms with Crippen molar-refractivity contribution in [1.82, 2.24) is 10.2 Å². The molecule has 7 nitrogen and oxygen atoms in total. The summed E-state index contributed by atoms with van der Waals surface area (Å²) < 4.78 is 5.51. The standard InChI is InChI=1S/C12H15BrN2O5/c1-7(12(18)19)15(6-5-14-8(2)16)11(17)9-3-4-10(13)20-9/h3-4,7H,5-6H2,1-2H3,(H,14,16)(H,18,19). The van der Waals surface area contributed by atoms with Crippen molar-refractivity contribution in [2.45, 2.75) is 19.9 Å². The number of carbonyl (C=O) groups excluding carboxylic acids is 2. The number of carboxylic acids is 1.